The molecule has 0 bridgehead atoms. The molecule has 6 nitrogen and oxygen atoms in total. The number of sulfonamides is 1. The summed E-state index contributed by atoms with van der Waals surface area (Å²) in [7, 11) is -3.62. The number of rotatable bonds is 9. The van der Waals surface area contributed by atoms with Gasteiger partial charge in [0.25, 0.3) is 5.91 Å². The van der Waals surface area contributed by atoms with Crippen molar-refractivity contribution >= 4 is 44.8 Å². The Labute approximate surface area is 197 Å². The van der Waals surface area contributed by atoms with Crippen molar-refractivity contribution in [3.05, 3.63) is 94.0 Å². The number of benzene rings is 3. The quantitative estimate of drug-likeness (QED) is 0.436. The predicted octanol–water partition coefficient (Wildman–Crippen LogP) is 4.77. The highest BCUT2D eigenvalue weighted by Gasteiger charge is 2.21. The van der Waals surface area contributed by atoms with E-state index in [4.69, 9.17) is 27.9 Å². The number of nitrogens with zero attached hydrogens (tertiary/aromatic N) is 1. The maximum absolute atomic E-state index is 12.4. The average Bonchev–Trinajstić information content (AvgIpc) is 2.77. The molecule has 0 spiro atoms. The lowest BCUT2D eigenvalue weighted by atomic mass is 10.1. The van der Waals surface area contributed by atoms with Crippen LogP contribution in [0, 0.1) is 0 Å². The van der Waals surface area contributed by atoms with Gasteiger partial charge in [0.05, 0.1) is 30.1 Å². The Morgan fingerprint density at radius 2 is 1.69 bits per heavy atom. The molecule has 32 heavy (non-hydrogen) atoms. The maximum atomic E-state index is 12.4. The van der Waals surface area contributed by atoms with Gasteiger partial charge in [0.1, 0.15) is 12.4 Å². The van der Waals surface area contributed by atoms with Crippen LogP contribution in [0.3, 0.4) is 0 Å². The molecule has 0 fully saturated rings. The second-order valence-corrected chi connectivity index (χ2v) is 9.73. The highest BCUT2D eigenvalue weighted by atomic mass is 35.5. The van der Waals surface area contributed by atoms with E-state index in [1.165, 1.54) is 10.4 Å². The van der Waals surface area contributed by atoms with Crippen LogP contribution >= 0.6 is 23.2 Å². The number of carbonyl (C=O) groups excluding carboxylic acids is 1. The zero-order valence-electron chi connectivity index (χ0n) is 17.3. The normalized spacial score (nSPS) is 11.1. The third-order valence-corrected chi connectivity index (χ3v) is 6.20. The van der Waals surface area contributed by atoms with E-state index in [-0.39, 0.29) is 17.5 Å². The minimum Gasteiger partial charge on any atom is -0.492 e. The first-order valence-electron chi connectivity index (χ1n) is 9.72. The molecule has 9 heteroatoms. The fourth-order valence-corrected chi connectivity index (χ4v) is 4.27. The Morgan fingerprint density at radius 3 is 2.34 bits per heavy atom. The van der Waals surface area contributed by atoms with Crippen LogP contribution in [0.2, 0.25) is 10.0 Å². The van der Waals surface area contributed by atoms with E-state index in [1.807, 2.05) is 30.3 Å². The van der Waals surface area contributed by atoms with E-state index in [9.17, 15) is 13.2 Å². The molecule has 3 aromatic rings. The van der Waals surface area contributed by atoms with Gasteiger partial charge >= 0.3 is 0 Å². The van der Waals surface area contributed by atoms with Crippen molar-refractivity contribution in [1.82, 2.24) is 5.32 Å². The van der Waals surface area contributed by atoms with Crippen molar-refractivity contribution < 1.29 is 17.9 Å². The molecule has 0 aromatic heterocycles. The van der Waals surface area contributed by atoms with Gasteiger partial charge in [0, 0.05) is 10.6 Å². The topological polar surface area (TPSA) is 75.7 Å². The van der Waals surface area contributed by atoms with Crippen LogP contribution in [0.5, 0.6) is 5.75 Å². The highest BCUT2D eigenvalue weighted by molar-refractivity contribution is 7.92. The maximum Gasteiger partial charge on any atom is 0.251 e. The zero-order chi connectivity index (χ0) is 23.1. The van der Waals surface area contributed by atoms with Gasteiger partial charge in [-0.2, -0.15) is 0 Å². The molecule has 1 amide bonds. The first kappa shape index (κ1) is 23.9. The zero-order valence-corrected chi connectivity index (χ0v) is 19.6. The Bertz CT molecular complexity index is 1170. The lowest BCUT2D eigenvalue weighted by Gasteiger charge is -2.24. The summed E-state index contributed by atoms with van der Waals surface area (Å²) in [5.41, 5.74) is 1.44. The summed E-state index contributed by atoms with van der Waals surface area (Å²) in [4.78, 5) is 12.3. The van der Waals surface area contributed by atoms with Gasteiger partial charge in [-0.3, -0.25) is 9.10 Å². The summed E-state index contributed by atoms with van der Waals surface area (Å²) >= 11 is 12.2. The number of para-hydroxylation sites is 1. The van der Waals surface area contributed by atoms with Gasteiger partial charge in [0.2, 0.25) is 10.0 Å². The van der Waals surface area contributed by atoms with Crippen LogP contribution in [-0.2, 0) is 16.6 Å². The highest BCUT2D eigenvalue weighted by Crippen LogP contribution is 2.31. The van der Waals surface area contributed by atoms with Crippen LogP contribution < -0.4 is 14.4 Å². The molecule has 0 saturated heterocycles. The molecule has 0 heterocycles. The molecule has 1 N–H and O–H groups in total. The summed E-state index contributed by atoms with van der Waals surface area (Å²) in [6, 6.07) is 20.7. The van der Waals surface area contributed by atoms with E-state index in [1.54, 1.807) is 36.4 Å². The molecule has 0 radical (unpaired) electrons. The van der Waals surface area contributed by atoms with Crippen molar-refractivity contribution in [3.63, 3.8) is 0 Å². The third kappa shape index (κ3) is 6.63. The Kier molecular flexibility index (Phi) is 8.01. The van der Waals surface area contributed by atoms with Crippen LogP contribution in [0.1, 0.15) is 15.9 Å². The van der Waals surface area contributed by atoms with E-state index in [0.717, 1.165) is 12.0 Å². The second kappa shape index (κ2) is 10.7. The predicted molar refractivity (Wildman–Crippen MR) is 128 cm³/mol. The van der Waals surface area contributed by atoms with Gasteiger partial charge < -0.3 is 10.1 Å². The number of ether oxygens (including phenoxy) is 1. The van der Waals surface area contributed by atoms with E-state index in [0.29, 0.717) is 35.0 Å². The minimum absolute atomic E-state index is 0.0473. The van der Waals surface area contributed by atoms with Crippen molar-refractivity contribution in [1.29, 1.82) is 0 Å². The number of anilines is 1. The van der Waals surface area contributed by atoms with Crippen LogP contribution in [-0.4, -0.2) is 33.7 Å². The molecule has 0 saturated carbocycles. The van der Waals surface area contributed by atoms with Crippen molar-refractivity contribution in [2.24, 2.45) is 0 Å². The SMILES string of the molecule is CS(=O)(=O)N(Cc1ccc(C(=O)NCCOc2ccccc2)cc1)c1cc(Cl)ccc1Cl. The van der Waals surface area contributed by atoms with Crippen LogP contribution in [0.4, 0.5) is 5.69 Å². The Hall–Kier alpha value is -2.74. The Balaban J connectivity index is 1.62. The molecule has 3 rings (SSSR count). The second-order valence-electron chi connectivity index (χ2n) is 6.98. The fraction of sp³-hybridized carbons (Fsp3) is 0.174. The van der Waals surface area contributed by atoms with Gasteiger partial charge in [-0.05, 0) is 48.0 Å². The monoisotopic (exact) mass is 492 g/mol. The number of amides is 1. The molecular weight excluding hydrogens is 471 g/mol. The van der Waals surface area contributed by atoms with E-state index >= 15 is 0 Å². The molecular formula is C23H22Cl2N2O4S. The van der Waals surface area contributed by atoms with E-state index < -0.39 is 10.0 Å². The van der Waals surface area contributed by atoms with Gasteiger partial charge in [-0.1, -0.05) is 53.5 Å². The average molecular weight is 493 g/mol. The number of halogens is 2. The third-order valence-electron chi connectivity index (χ3n) is 4.52. The fourth-order valence-electron chi connectivity index (χ4n) is 2.94. The van der Waals surface area contributed by atoms with Gasteiger partial charge in [-0.15, -0.1) is 0 Å². The molecule has 0 atom stereocenters. The molecule has 0 aliphatic rings. The Morgan fingerprint density at radius 1 is 1.00 bits per heavy atom. The van der Waals surface area contributed by atoms with Gasteiger partial charge in [0.15, 0.2) is 0 Å². The number of nitrogens with one attached hydrogen (secondary N) is 1. The summed E-state index contributed by atoms with van der Waals surface area (Å²) in [5.74, 6) is 0.493. The van der Waals surface area contributed by atoms with Crippen molar-refractivity contribution in [2.75, 3.05) is 23.7 Å². The van der Waals surface area contributed by atoms with Crippen molar-refractivity contribution in [3.8, 4) is 5.75 Å². The molecule has 0 aliphatic carbocycles. The molecule has 0 aliphatic heterocycles. The first-order chi connectivity index (χ1) is 15.2. The minimum atomic E-state index is -3.62. The number of carbonyl (C=O) groups is 1. The molecule has 0 unspecified atom stereocenters. The number of hydrogen-bond donors (Lipinski definition) is 1. The van der Waals surface area contributed by atoms with Crippen molar-refractivity contribution in [2.45, 2.75) is 6.54 Å². The summed E-state index contributed by atoms with van der Waals surface area (Å²) in [5, 5.41) is 3.44. The molecule has 168 valence electrons. The smallest absolute Gasteiger partial charge is 0.251 e. The van der Waals surface area contributed by atoms with Crippen LogP contribution in [0.15, 0.2) is 72.8 Å². The largest absolute Gasteiger partial charge is 0.492 e. The lowest BCUT2D eigenvalue weighted by Crippen LogP contribution is -2.30. The summed E-state index contributed by atoms with van der Waals surface area (Å²) < 4.78 is 31.5. The van der Waals surface area contributed by atoms with Crippen LogP contribution in [0.25, 0.3) is 0 Å². The number of hydrogen-bond acceptors (Lipinski definition) is 4. The molecule has 3 aromatic carbocycles. The standard InChI is InChI=1S/C23H22Cl2N2O4S/c1-32(29,30)27(22-15-19(24)11-12-21(22)25)16-17-7-9-18(10-8-17)23(28)26-13-14-31-20-5-3-2-4-6-20/h2-12,15H,13-14,16H2,1H3,(H,26,28). The summed E-state index contributed by atoms with van der Waals surface area (Å²) in [6.07, 6.45) is 1.10. The van der Waals surface area contributed by atoms with Gasteiger partial charge in [-0.25, -0.2) is 8.42 Å². The first-order valence-corrected chi connectivity index (χ1v) is 12.3. The van der Waals surface area contributed by atoms with E-state index in [2.05, 4.69) is 5.32 Å². The summed E-state index contributed by atoms with van der Waals surface area (Å²) in [6.45, 7) is 0.744. The lowest BCUT2D eigenvalue weighted by molar-refractivity contribution is 0.0947.